The zero-order valence-corrected chi connectivity index (χ0v) is 20.4. The van der Waals surface area contributed by atoms with Crippen LogP contribution in [0.3, 0.4) is 0 Å². The van der Waals surface area contributed by atoms with E-state index >= 15 is 0 Å². The molecule has 1 saturated carbocycles. The van der Waals surface area contributed by atoms with Crippen LogP contribution in [-0.2, 0) is 10.2 Å². The minimum Gasteiger partial charge on any atom is -0.340 e. The smallest absolute Gasteiger partial charge is 0.234 e. The summed E-state index contributed by atoms with van der Waals surface area (Å²) in [6.07, 6.45) is 6.25. The van der Waals surface area contributed by atoms with E-state index in [2.05, 4.69) is 56.7 Å². The van der Waals surface area contributed by atoms with Gasteiger partial charge in [-0.25, -0.2) is 9.97 Å². The molecule has 1 aliphatic heterocycles. The summed E-state index contributed by atoms with van der Waals surface area (Å²) in [5.74, 6) is 7.19. The Hall–Kier alpha value is -3.82. The predicted octanol–water partition coefficient (Wildman–Crippen LogP) is 6.26. The van der Waals surface area contributed by atoms with Crippen LogP contribution in [0.4, 0.5) is 17.2 Å². The fraction of sp³-hybridized carbons (Fsp3) is 0.207. The summed E-state index contributed by atoms with van der Waals surface area (Å²) in [7, 11) is 0. The van der Waals surface area contributed by atoms with Crippen LogP contribution in [0.25, 0.3) is 10.8 Å². The van der Waals surface area contributed by atoms with Gasteiger partial charge in [-0.1, -0.05) is 12.0 Å². The second-order valence-electron chi connectivity index (χ2n) is 9.51. The monoisotopic (exact) mass is 476 g/mol. The lowest BCUT2D eigenvalue weighted by atomic mass is 9.86. The summed E-state index contributed by atoms with van der Waals surface area (Å²) in [5, 5.41) is 9.07. The number of hydrogen-bond donors (Lipinski definition) is 2. The highest BCUT2D eigenvalue weighted by Crippen LogP contribution is 2.39. The van der Waals surface area contributed by atoms with Crippen molar-refractivity contribution in [2.75, 3.05) is 10.6 Å². The maximum atomic E-state index is 12.2. The minimum absolute atomic E-state index is 0.0113. The van der Waals surface area contributed by atoms with E-state index in [0.717, 1.165) is 44.3 Å². The van der Waals surface area contributed by atoms with E-state index in [1.165, 1.54) is 17.7 Å². The van der Waals surface area contributed by atoms with Gasteiger partial charge in [0.15, 0.2) is 0 Å². The van der Waals surface area contributed by atoms with Gasteiger partial charge in [-0.15, -0.1) is 11.8 Å². The topological polar surface area (TPSA) is 66.9 Å². The predicted molar refractivity (Wildman–Crippen MR) is 142 cm³/mol. The molecule has 0 radical (unpaired) electrons. The van der Waals surface area contributed by atoms with Gasteiger partial charge in [0.05, 0.1) is 5.41 Å². The van der Waals surface area contributed by atoms with Crippen molar-refractivity contribution in [3.8, 4) is 11.8 Å². The number of nitrogens with zero attached hydrogens (tertiary/aromatic N) is 2. The van der Waals surface area contributed by atoms with Crippen molar-refractivity contribution in [3.05, 3.63) is 83.8 Å². The fourth-order valence-electron chi connectivity index (χ4n) is 4.18. The van der Waals surface area contributed by atoms with Gasteiger partial charge in [-0.05, 0) is 86.7 Å². The molecule has 0 saturated heterocycles. The molecule has 1 fully saturated rings. The summed E-state index contributed by atoms with van der Waals surface area (Å²) in [4.78, 5) is 22.6. The molecule has 1 amide bonds. The number of thioether (sulfide) groups is 1. The van der Waals surface area contributed by atoms with Gasteiger partial charge in [0.1, 0.15) is 11.5 Å². The number of aromatic nitrogens is 2. The highest BCUT2D eigenvalue weighted by Gasteiger charge is 2.38. The molecular weight excluding hydrogens is 452 g/mol. The second-order valence-corrected chi connectivity index (χ2v) is 10.9. The van der Waals surface area contributed by atoms with Crippen LogP contribution in [-0.4, -0.2) is 21.1 Å². The molecule has 6 rings (SSSR count). The van der Waals surface area contributed by atoms with Gasteiger partial charge in [-0.2, -0.15) is 0 Å². The SMILES string of the molecule is CC1(C)C(=O)Nc2cc(C#Cc3nccc4cnc(Nc5ccc(SC6CC6)cc5)cc34)ccc21. The first-order chi connectivity index (χ1) is 17.0. The van der Waals surface area contributed by atoms with Gasteiger partial charge in [0, 0.05) is 50.2 Å². The summed E-state index contributed by atoms with van der Waals surface area (Å²) >= 11 is 1.95. The molecule has 1 aliphatic carbocycles. The molecule has 0 unspecified atom stereocenters. The number of nitrogens with one attached hydrogen (secondary N) is 2. The Morgan fingerprint density at radius 3 is 2.66 bits per heavy atom. The molecule has 6 heteroatoms. The molecule has 2 aromatic carbocycles. The number of hydrogen-bond acceptors (Lipinski definition) is 5. The lowest BCUT2D eigenvalue weighted by Gasteiger charge is -2.14. The fourth-order valence-corrected chi connectivity index (χ4v) is 5.23. The molecule has 4 aromatic rings. The summed E-state index contributed by atoms with van der Waals surface area (Å²) < 4.78 is 0. The Labute approximate surface area is 208 Å². The molecule has 0 spiro atoms. The average Bonchev–Trinajstić information content (AvgIpc) is 3.64. The zero-order valence-electron chi connectivity index (χ0n) is 19.6. The maximum absolute atomic E-state index is 12.2. The number of pyridine rings is 2. The Morgan fingerprint density at radius 1 is 1.03 bits per heavy atom. The normalized spacial score (nSPS) is 15.8. The molecular formula is C29H24N4OS. The number of carbonyl (C=O) groups excluding carboxylic acids is 1. The zero-order chi connectivity index (χ0) is 24.0. The molecule has 0 bridgehead atoms. The lowest BCUT2D eigenvalue weighted by molar-refractivity contribution is -0.119. The Kier molecular flexibility index (Phi) is 5.23. The number of fused-ring (bicyclic) bond motifs is 2. The van der Waals surface area contributed by atoms with Crippen LogP contribution in [0.1, 0.15) is 43.5 Å². The number of amides is 1. The van der Waals surface area contributed by atoms with Gasteiger partial charge in [0.2, 0.25) is 5.91 Å². The minimum atomic E-state index is -0.523. The van der Waals surface area contributed by atoms with Crippen molar-refractivity contribution in [1.29, 1.82) is 0 Å². The molecule has 35 heavy (non-hydrogen) atoms. The Morgan fingerprint density at radius 2 is 1.86 bits per heavy atom. The third-order valence-electron chi connectivity index (χ3n) is 6.44. The highest BCUT2D eigenvalue weighted by atomic mass is 32.2. The molecule has 3 heterocycles. The Balaban J connectivity index is 1.26. The van der Waals surface area contributed by atoms with E-state index in [1.54, 1.807) is 6.20 Å². The number of benzene rings is 2. The van der Waals surface area contributed by atoms with E-state index in [1.807, 2.05) is 62.1 Å². The highest BCUT2D eigenvalue weighted by molar-refractivity contribution is 8.00. The number of anilines is 3. The summed E-state index contributed by atoms with van der Waals surface area (Å²) in [6.45, 7) is 3.86. The third-order valence-corrected chi connectivity index (χ3v) is 7.78. The second kappa shape index (κ2) is 8.44. The van der Waals surface area contributed by atoms with Crippen molar-refractivity contribution in [1.82, 2.24) is 9.97 Å². The third kappa shape index (κ3) is 4.36. The van der Waals surface area contributed by atoms with Crippen LogP contribution in [0.15, 0.2) is 71.9 Å². The van der Waals surface area contributed by atoms with E-state index in [0.29, 0.717) is 5.69 Å². The first-order valence-electron chi connectivity index (χ1n) is 11.7. The Bertz CT molecular complexity index is 1530. The lowest BCUT2D eigenvalue weighted by Crippen LogP contribution is -2.26. The first-order valence-corrected chi connectivity index (χ1v) is 12.6. The van der Waals surface area contributed by atoms with E-state index in [4.69, 9.17) is 0 Å². The van der Waals surface area contributed by atoms with Gasteiger partial charge in [-0.3, -0.25) is 4.79 Å². The van der Waals surface area contributed by atoms with E-state index in [9.17, 15) is 4.79 Å². The van der Waals surface area contributed by atoms with Crippen LogP contribution in [0, 0.1) is 11.8 Å². The van der Waals surface area contributed by atoms with Crippen LogP contribution >= 0.6 is 11.8 Å². The average molecular weight is 477 g/mol. The van der Waals surface area contributed by atoms with Crippen molar-refractivity contribution < 1.29 is 4.79 Å². The summed E-state index contributed by atoms with van der Waals surface area (Å²) in [6, 6.07) is 18.3. The molecule has 2 aliphatic rings. The van der Waals surface area contributed by atoms with Gasteiger partial charge >= 0.3 is 0 Å². The number of rotatable bonds is 4. The largest absolute Gasteiger partial charge is 0.340 e. The first kappa shape index (κ1) is 21.7. The van der Waals surface area contributed by atoms with Crippen molar-refractivity contribution in [2.24, 2.45) is 0 Å². The van der Waals surface area contributed by atoms with E-state index in [-0.39, 0.29) is 5.91 Å². The molecule has 172 valence electrons. The standard InChI is InChI=1S/C29H24N4OS/c1-29(2)24-11-3-18(15-26(24)33-28(29)34)4-12-25-23-16-27(31-17-19(23)13-14-30-25)32-20-5-7-21(8-6-20)35-22-9-10-22/h3,5-8,11,13-17,22H,9-10H2,1-2H3,(H,31,32)(H,33,34). The van der Waals surface area contributed by atoms with Gasteiger partial charge < -0.3 is 10.6 Å². The molecule has 5 nitrogen and oxygen atoms in total. The quantitative estimate of drug-likeness (QED) is 0.341. The van der Waals surface area contributed by atoms with Gasteiger partial charge in [0.25, 0.3) is 0 Å². The molecule has 2 N–H and O–H groups in total. The number of carbonyl (C=O) groups is 1. The molecule has 2 aromatic heterocycles. The van der Waals surface area contributed by atoms with Crippen LogP contribution < -0.4 is 10.6 Å². The summed E-state index contributed by atoms with van der Waals surface area (Å²) in [5.41, 5.74) is 3.82. The maximum Gasteiger partial charge on any atom is 0.234 e. The van der Waals surface area contributed by atoms with Crippen molar-refractivity contribution >= 4 is 45.6 Å². The molecule has 0 atom stereocenters. The van der Waals surface area contributed by atoms with Crippen molar-refractivity contribution in [2.45, 2.75) is 42.2 Å². The van der Waals surface area contributed by atoms with Crippen LogP contribution in [0.5, 0.6) is 0 Å². The van der Waals surface area contributed by atoms with Crippen molar-refractivity contribution in [3.63, 3.8) is 0 Å². The van der Waals surface area contributed by atoms with Crippen LogP contribution in [0.2, 0.25) is 0 Å². The van der Waals surface area contributed by atoms with E-state index < -0.39 is 5.41 Å².